The van der Waals surface area contributed by atoms with Crippen molar-refractivity contribution in [2.45, 2.75) is 18.9 Å². The van der Waals surface area contributed by atoms with E-state index in [2.05, 4.69) is 4.98 Å². The first-order chi connectivity index (χ1) is 16.0. The molecule has 4 aromatic rings. The van der Waals surface area contributed by atoms with Gasteiger partial charge in [0.25, 0.3) is 0 Å². The molecule has 2 unspecified atom stereocenters. The summed E-state index contributed by atoms with van der Waals surface area (Å²) in [7, 11) is 0. The molecule has 0 bridgehead atoms. The van der Waals surface area contributed by atoms with Gasteiger partial charge in [0.2, 0.25) is 0 Å². The average molecular weight is 437 g/mol. The van der Waals surface area contributed by atoms with Gasteiger partial charge in [-0.25, -0.2) is 4.98 Å². The topological polar surface area (TPSA) is 72.2 Å². The molecule has 3 aromatic carbocycles. The van der Waals surface area contributed by atoms with Crippen LogP contribution in [0.2, 0.25) is 0 Å². The number of aliphatic carboxylic acids is 1. The van der Waals surface area contributed by atoms with Gasteiger partial charge < -0.3 is 9.67 Å². The van der Waals surface area contributed by atoms with Crippen LogP contribution >= 0.6 is 0 Å². The third kappa shape index (κ3) is 3.20. The van der Waals surface area contributed by atoms with Crippen molar-refractivity contribution in [2.75, 3.05) is 0 Å². The first-order valence-electron chi connectivity index (χ1n) is 11.0. The summed E-state index contributed by atoms with van der Waals surface area (Å²) in [6.45, 7) is 1.64. The van der Waals surface area contributed by atoms with Crippen molar-refractivity contribution in [1.29, 1.82) is 0 Å². The van der Waals surface area contributed by atoms with Crippen LogP contribution in [0.4, 0.5) is 0 Å². The summed E-state index contributed by atoms with van der Waals surface area (Å²) >= 11 is 0. The van der Waals surface area contributed by atoms with E-state index in [0.29, 0.717) is 12.1 Å². The highest BCUT2D eigenvalue weighted by Gasteiger charge is 2.61. The Morgan fingerprint density at radius 1 is 0.879 bits per heavy atom. The molecule has 1 aliphatic carbocycles. The molecule has 1 N–H and O–H groups in total. The molecule has 164 valence electrons. The number of ketones is 1. The van der Waals surface area contributed by atoms with Crippen molar-refractivity contribution in [3.05, 3.63) is 126 Å². The highest BCUT2D eigenvalue weighted by Crippen LogP contribution is 2.54. The zero-order valence-corrected chi connectivity index (χ0v) is 18.3. The molecule has 5 nitrogen and oxygen atoms in total. The summed E-state index contributed by atoms with van der Waals surface area (Å²) in [5.74, 6) is -1.69. The van der Waals surface area contributed by atoms with E-state index in [0.717, 1.165) is 16.7 Å². The lowest BCUT2D eigenvalue weighted by Gasteiger charge is -2.38. The minimum absolute atomic E-state index is 0.190. The molecule has 1 heterocycles. The molecular weight excluding hydrogens is 412 g/mol. The van der Waals surface area contributed by atoms with Crippen LogP contribution < -0.4 is 0 Å². The number of carbonyl (C=O) groups is 2. The first-order valence-corrected chi connectivity index (χ1v) is 11.0. The van der Waals surface area contributed by atoms with Gasteiger partial charge in [-0.1, -0.05) is 91.0 Å². The fourth-order valence-electron chi connectivity index (χ4n) is 4.86. The van der Waals surface area contributed by atoms with Crippen molar-refractivity contribution in [1.82, 2.24) is 9.55 Å². The minimum Gasteiger partial charge on any atom is -0.481 e. The Balaban J connectivity index is 1.79. The number of imidazole rings is 1. The number of carboxylic acid groups (broad SMARTS) is 1. The summed E-state index contributed by atoms with van der Waals surface area (Å²) in [5.41, 5.74) is 1.45. The number of carboxylic acids is 1. The average Bonchev–Trinajstić information content (AvgIpc) is 3.33. The van der Waals surface area contributed by atoms with E-state index in [1.54, 1.807) is 19.4 Å². The SMILES string of the molecule is CC1(C(=O)O)CC1C(=O)c1cncn1C(c1ccccc1)(c1ccccc1)c1ccccc1. The molecule has 1 fully saturated rings. The van der Waals surface area contributed by atoms with E-state index in [-0.39, 0.29) is 5.78 Å². The normalized spacial score (nSPS) is 19.7. The summed E-state index contributed by atoms with van der Waals surface area (Å²) in [4.78, 5) is 29.7. The van der Waals surface area contributed by atoms with Crippen molar-refractivity contribution in [3.63, 3.8) is 0 Å². The Labute approximate surface area is 192 Å². The smallest absolute Gasteiger partial charge is 0.310 e. The van der Waals surface area contributed by atoms with E-state index in [1.807, 2.05) is 95.6 Å². The molecule has 1 aliphatic rings. The molecule has 2 atom stereocenters. The minimum atomic E-state index is -1.03. The number of nitrogens with zero attached hydrogens (tertiary/aromatic N) is 2. The van der Waals surface area contributed by atoms with Crippen LogP contribution in [0.15, 0.2) is 104 Å². The molecule has 0 aliphatic heterocycles. The summed E-state index contributed by atoms with van der Waals surface area (Å²) in [6.07, 6.45) is 3.58. The molecular formula is C28H24N2O3. The fraction of sp³-hybridized carbons (Fsp3) is 0.179. The number of hydrogen-bond acceptors (Lipinski definition) is 3. The van der Waals surface area contributed by atoms with Gasteiger partial charge in [-0.15, -0.1) is 0 Å². The standard InChI is InChI=1S/C28H24N2O3/c1-27(26(32)33)17-23(27)25(31)24-18-29-19-30(24)28(20-11-5-2-6-12-20,21-13-7-3-8-14-21)22-15-9-4-10-16-22/h2-16,18-19,23H,17H2,1H3,(H,32,33). The Morgan fingerprint density at radius 2 is 1.33 bits per heavy atom. The molecule has 33 heavy (non-hydrogen) atoms. The Kier molecular flexibility index (Phi) is 4.97. The Bertz CT molecular complexity index is 1200. The van der Waals surface area contributed by atoms with E-state index in [1.165, 1.54) is 0 Å². The zero-order chi connectivity index (χ0) is 23.1. The van der Waals surface area contributed by atoms with Crippen LogP contribution in [0.3, 0.4) is 0 Å². The number of carbonyl (C=O) groups excluding carboxylic acids is 1. The largest absolute Gasteiger partial charge is 0.481 e. The third-order valence-corrected chi connectivity index (χ3v) is 6.87. The number of Topliss-reactive ketones (excluding diaryl/α,β-unsaturated/α-hetero) is 1. The summed E-state index contributed by atoms with van der Waals surface area (Å²) in [5, 5.41) is 9.62. The van der Waals surface area contributed by atoms with Gasteiger partial charge in [-0.05, 0) is 30.0 Å². The van der Waals surface area contributed by atoms with Crippen LogP contribution in [0, 0.1) is 11.3 Å². The van der Waals surface area contributed by atoms with Gasteiger partial charge in [0.05, 0.1) is 17.9 Å². The van der Waals surface area contributed by atoms with Crippen molar-refractivity contribution >= 4 is 11.8 Å². The quantitative estimate of drug-likeness (QED) is 0.326. The maximum atomic E-state index is 13.6. The highest BCUT2D eigenvalue weighted by molar-refractivity contribution is 6.03. The second-order valence-corrected chi connectivity index (χ2v) is 8.80. The Morgan fingerprint density at radius 3 is 1.73 bits per heavy atom. The van der Waals surface area contributed by atoms with Crippen molar-refractivity contribution < 1.29 is 14.7 Å². The molecule has 0 spiro atoms. The number of rotatable bonds is 7. The van der Waals surface area contributed by atoms with Crippen LogP contribution in [-0.4, -0.2) is 26.4 Å². The highest BCUT2D eigenvalue weighted by atomic mass is 16.4. The first kappa shape index (κ1) is 20.9. The number of benzene rings is 3. The van der Waals surface area contributed by atoms with Gasteiger partial charge in [-0.3, -0.25) is 9.59 Å². The second-order valence-electron chi connectivity index (χ2n) is 8.80. The van der Waals surface area contributed by atoms with Crippen LogP contribution in [0.1, 0.15) is 40.5 Å². The molecule has 0 amide bonds. The second kappa shape index (κ2) is 7.85. The maximum absolute atomic E-state index is 13.6. The van der Waals surface area contributed by atoms with E-state index in [9.17, 15) is 14.7 Å². The molecule has 5 heteroatoms. The molecule has 1 aromatic heterocycles. The van der Waals surface area contributed by atoms with Crippen molar-refractivity contribution in [3.8, 4) is 0 Å². The van der Waals surface area contributed by atoms with Crippen LogP contribution in [0.5, 0.6) is 0 Å². The van der Waals surface area contributed by atoms with Crippen molar-refractivity contribution in [2.24, 2.45) is 11.3 Å². The molecule has 0 saturated heterocycles. The van der Waals surface area contributed by atoms with E-state index >= 15 is 0 Å². The summed E-state index contributed by atoms with van der Waals surface area (Å²) in [6, 6.07) is 30.1. The number of aromatic nitrogens is 2. The lowest BCUT2D eigenvalue weighted by atomic mass is 9.76. The van der Waals surface area contributed by atoms with Crippen LogP contribution in [0.25, 0.3) is 0 Å². The van der Waals surface area contributed by atoms with Crippen LogP contribution in [-0.2, 0) is 10.3 Å². The predicted octanol–water partition coefficient (Wildman–Crippen LogP) is 5.02. The lowest BCUT2D eigenvalue weighted by molar-refractivity contribution is -0.143. The van der Waals surface area contributed by atoms with Gasteiger partial charge in [0.1, 0.15) is 11.2 Å². The zero-order valence-electron chi connectivity index (χ0n) is 18.3. The summed E-state index contributed by atoms with van der Waals surface area (Å²) < 4.78 is 1.91. The molecule has 5 rings (SSSR count). The molecule has 0 radical (unpaired) electrons. The van der Waals surface area contributed by atoms with Gasteiger partial charge >= 0.3 is 5.97 Å². The monoisotopic (exact) mass is 436 g/mol. The predicted molar refractivity (Wildman–Crippen MR) is 125 cm³/mol. The van der Waals surface area contributed by atoms with Gasteiger partial charge in [0, 0.05) is 5.92 Å². The maximum Gasteiger partial charge on any atom is 0.310 e. The van der Waals surface area contributed by atoms with E-state index < -0.39 is 22.8 Å². The number of hydrogen-bond donors (Lipinski definition) is 1. The Hall–Kier alpha value is -3.99. The van der Waals surface area contributed by atoms with E-state index in [4.69, 9.17) is 0 Å². The van der Waals surface area contributed by atoms with Gasteiger partial charge in [-0.2, -0.15) is 0 Å². The third-order valence-electron chi connectivity index (χ3n) is 6.87. The van der Waals surface area contributed by atoms with Gasteiger partial charge in [0.15, 0.2) is 5.78 Å². The lowest BCUT2D eigenvalue weighted by Crippen LogP contribution is -2.39. The molecule has 1 saturated carbocycles. The fourth-order valence-corrected chi connectivity index (χ4v) is 4.86.